The van der Waals surface area contributed by atoms with E-state index in [9.17, 15) is 13.2 Å². The highest BCUT2D eigenvalue weighted by molar-refractivity contribution is 7.89. The number of carbonyl (C=O) groups excluding carboxylic acids is 1. The van der Waals surface area contributed by atoms with Gasteiger partial charge in [-0.2, -0.15) is 4.31 Å². The second-order valence-corrected chi connectivity index (χ2v) is 7.18. The van der Waals surface area contributed by atoms with Crippen molar-refractivity contribution in [1.29, 1.82) is 0 Å². The Kier molecular flexibility index (Phi) is 6.42. The zero-order chi connectivity index (χ0) is 15.6. The van der Waals surface area contributed by atoms with Crippen LogP contribution in [0.3, 0.4) is 0 Å². The summed E-state index contributed by atoms with van der Waals surface area (Å²) in [6.45, 7) is 0.980. The van der Waals surface area contributed by atoms with Crippen molar-refractivity contribution in [3.8, 4) is 0 Å². The van der Waals surface area contributed by atoms with E-state index in [1.165, 1.54) is 28.2 Å². The fourth-order valence-corrected chi connectivity index (χ4v) is 4.17. The molecule has 1 aliphatic heterocycles. The van der Waals surface area contributed by atoms with Crippen molar-refractivity contribution in [2.24, 2.45) is 7.05 Å². The molecular formula is C13H23ClN4O3S. The van der Waals surface area contributed by atoms with Crippen molar-refractivity contribution in [3.05, 3.63) is 18.0 Å². The number of hydrogen-bond donors (Lipinski definition) is 2. The molecule has 9 heteroatoms. The van der Waals surface area contributed by atoms with Gasteiger partial charge in [-0.25, -0.2) is 8.42 Å². The lowest BCUT2D eigenvalue weighted by atomic mass is 10.1. The van der Waals surface area contributed by atoms with E-state index in [0.717, 1.165) is 12.8 Å². The quantitative estimate of drug-likeness (QED) is 0.811. The summed E-state index contributed by atoms with van der Waals surface area (Å²) in [4.78, 5) is 11.9. The number of nitrogens with zero attached hydrogens (tertiary/aromatic N) is 2. The van der Waals surface area contributed by atoms with E-state index in [2.05, 4.69) is 10.6 Å². The van der Waals surface area contributed by atoms with Gasteiger partial charge in [-0.1, -0.05) is 0 Å². The number of piperidine rings is 1. The number of sulfonamides is 1. The van der Waals surface area contributed by atoms with Gasteiger partial charge in [-0.15, -0.1) is 12.4 Å². The van der Waals surface area contributed by atoms with Gasteiger partial charge in [0.2, 0.25) is 10.0 Å². The van der Waals surface area contributed by atoms with E-state index in [1.807, 2.05) is 7.05 Å². The second-order valence-electron chi connectivity index (χ2n) is 5.24. The average Bonchev–Trinajstić information content (AvgIpc) is 2.89. The molecule has 2 heterocycles. The maximum absolute atomic E-state index is 12.7. The smallest absolute Gasteiger partial charge is 0.267 e. The van der Waals surface area contributed by atoms with Crippen LogP contribution in [0.5, 0.6) is 0 Å². The minimum absolute atomic E-state index is 0. The monoisotopic (exact) mass is 350 g/mol. The molecule has 1 aromatic rings. The highest BCUT2D eigenvalue weighted by Crippen LogP contribution is 2.22. The third kappa shape index (κ3) is 3.62. The molecule has 1 fully saturated rings. The highest BCUT2D eigenvalue weighted by Gasteiger charge is 2.31. The lowest BCUT2D eigenvalue weighted by molar-refractivity contribution is 0.0955. The molecule has 0 aliphatic carbocycles. The van der Waals surface area contributed by atoms with Crippen LogP contribution in [0.25, 0.3) is 0 Å². The molecule has 0 spiro atoms. The molecule has 126 valence electrons. The van der Waals surface area contributed by atoms with Gasteiger partial charge >= 0.3 is 0 Å². The first-order chi connectivity index (χ1) is 9.90. The van der Waals surface area contributed by atoms with Crippen molar-refractivity contribution >= 4 is 28.3 Å². The summed E-state index contributed by atoms with van der Waals surface area (Å²) in [7, 11) is 1.47. The molecule has 0 radical (unpaired) electrons. The molecule has 1 aromatic heterocycles. The van der Waals surface area contributed by atoms with Crippen molar-refractivity contribution in [2.45, 2.75) is 23.8 Å². The molecule has 0 bridgehead atoms. The fraction of sp³-hybridized carbons (Fsp3) is 0.615. The maximum atomic E-state index is 12.7. The topological polar surface area (TPSA) is 83.4 Å². The van der Waals surface area contributed by atoms with Crippen molar-refractivity contribution < 1.29 is 13.2 Å². The Morgan fingerprint density at radius 2 is 2.05 bits per heavy atom. The Bertz CT molecular complexity index is 629. The standard InChI is InChI=1S/C13H22N4O3S.ClH/c1-14-10-5-4-6-17(8-10)21(19,20)11-7-12(13(18)15-2)16(3)9-11;/h7,9-10,14H,4-6,8H2,1-3H3,(H,15,18);1H. The van der Waals surface area contributed by atoms with Gasteiger partial charge in [-0.3, -0.25) is 4.79 Å². The van der Waals surface area contributed by atoms with Crippen LogP contribution in [0.4, 0.5) is 0 Å². The Morgan fingerprint density at radius 1 is 1.36 bits per heavy atom. The van der Waals surface area contributed by atoms with Crippen LogP contribution >= 0.6 is 12.4 Å². The van der Waals surface area contributed by atoms with Crippen molar-refractivity contribution in [2.75, 3.05) is 27.2 Å². The van der Waals surface area contributed by atoms with E-state index in [4.69, 9.17) is 0 Å². The normalized spacial score (nSPS) is 19.5. The van der Waals surface area contributed by atoms with Crippen LogP contribution < -0.4 is 10.6 Å². The molecule has 1 amide bonds. The van der Waals surface area contributed by atoms with E-state index in [1.54, 1.807) is 7.05 Å². The first-order valence-corrected chi connectivity index (χ1v) is 8.40. The molecule has 1 unspecified atom stereocenters. The van der Waals surface area contributed by atoms with E-state index in [0.29, 0.717) is 18.8 Å². The summed E-state index contributed by atoms with van der Waals surface area (Å²) in [5.74, 6) is -0.300. The van der Waals surface area contributed by atoms with Crippen molar-refractivity contribution in [1.82, 2.24) is 19.5 Å². The van der Waals surface area contributed by atoms with Gasteiger partial charge in [0.15, 0.2) is 0 Å². The molecule has 7 nitrogen and oxygen atoms in total. The number of aryl methyl sites for hydroxylation is 1. The maximum Gasteiger partial charge on any atom is 0.267 e. The summed E-state index contributed by atoms with van der Waals surface area (Å²) < 4.78 is 28.4. The van der Waals surface area contributed by atoms with Crippen LogP contribution in [0.1, 0.15) is 23.3 Å². The number of hydrogen-bond acceptors (Lipinski definition) is 4. The minimum atomic E-state index is -3.56. The number of aromatic nitrogens is 1. The van der Waals surface area contributed by atoms with Gasteiger partial charge in [0.05, 0.1) is 0 Å². The van der Waals surface area contributed by atoms with Crippen LogP contribution in [0.15, 0.2) is 17.2 Å². The average molecular weight is 351 g/mol. The second kappa shape index (κ2) is 7.45. The predicted molar refractivity (Wildman–Crippen MR) is 86.9 cm³/mol. The predicted octanol–water partition coefficient (Wildman–Crippen LogP) is 0.179. The molecule has 22 heavy (non-hydrogen) atoms. The number of nitrogens with one attached hydrogen (secondary N) is 2. The summed E-state index contributed by atoms with van der Waals surface area (Å²) in [6, 6.07) is 1.60. The summed E-state index contributed by atoms with van der Waals surface area (Å²) >= 11 is 0. The molecule has 1 atom stereocenters. The van der Waals surface area contributed by atoms with Crippen LogP contribution in [-0.2, 0) is 17.1 Å². The molecule has 1 aliphatic rings. The largest absolute Gasteiger partial charge is 0.354 e. The third-order valence-corrected chi connectivity index (χ3v) is 5.70. The van der Waals surface area contributed by atoms with Crippen molar-refractivity contribution in [3.63, 3.8) is 0 Å². The van der Waals surface area contributed by atoms with Gasteiger partial charge in [-0.05, 0) is 26.0 Å². The number of amides is 1. The number of carbonyl (C=O) groups is 1. The van der Waals surface area contributed by atoms with Gasteiger partial charge in [0.25, 0.3) is 5.91 Å². The summed E-state index contributed by atoms with van der Waals surface area (Å²) in [6.07, 6.45) is 3.30. The highest BCUT2D eigenvalue weighted by atomic mass is 35.5. The van der Waals surface area contributed by atoms with Crippen LogP contribution in [0, 0.1) is 0 Å². The van der Waals surface area contributed by atoms with E-state index < -0.39 is 10.0 Å². The molecule has 0 aromatic carbocycles. The number of rotatable bonds is 4. The Labute approximate surface area is 137 Å². The van der Waals surface area contributed by atoms with Gasteiger partial charge < -0.3 is 15.2 Å². The molecule has 2 N–H and O–H groups in total. The van der Waals surface area contributed by atoms with E-state index >= 15 is 0 Å². The molecule has 1 saturated heterocycles. The van der Waals surface area contributed by atoms with E-state index in [-0.39, 0.29) is 29.3 Å². The lowest BCUT2D eigenvalue weighted by Gasteiger charge is -2.31. The Balaban J connectivity index is 0.00000242. The minimum Gasteiger partial charge on any atom is -0.354 e. The number of likely N-dealkylation sites (N-methyl/N-ethyl adjacent to an activating group) is 1. The van der Waals surface area contributed by atoms with Gasteiger partial charge in [0, 0.05) is 39.4 Å². The first kappa shape index (κ1) is 19.0. The Hall–Kier alpha value is -1.09. The molecular weight excluding hydrogens is 328 g/mol. The zero-order valence-corrected chi connectivity index (χ0v) is 14.6. The SMILES string of the molecule is CNC(=O)c1cc(S(=O)(=O)N2CCCC(NC)C2)cn1C.Cl. The van der Waals surface area contributed by atoms with Gasteiger partial charge in [0.1, 0.15) is 10.6 Å². The van der Waals surface area contributed by atoms with Crippen LogP contribution in [0.2, 0.25) is 0 Å². The Morgan fingerprint density at radius 3 is 2.64 bits per heavy atom. The zero-order valence-electron chi connectivity index (χ0n) is 13.0. The number of halogens is 1. The van der Waals surface area contributed by atoms with Crippen LogP contribution in [-0.4, -0.2) is 56.4 Å². The summed E-state index contributed by atoms with van der Waals surface area (Å²) in [5, 5.41) is 5.63. The lowest BCUT2D eigenvalue weighted by Crippen LogP contribution is -2.46. The summed E-state index contributed by atoms with van der Waals surface area (Å²) in [5.41, 5.74) is 0.332. The molecule has 2 rings (SSSR count). The fourth-order valence-electron chi connectivity index (χ4n) is 2.57. The molecule has 0 saturated carbocycles. The third-order valence-electron chi connectivity index (χ3n) is 3.87. The first-order valence-electron chi connectivity index (χ1n) is 6.96.